The van der Waals surface area contributed by atoms with Crippen LogP contribution in [0.4, 0.5) is 5.69 Å². The summed E-state index contributed by atoms with van der Waals surface area (Å²) >= 11 is 1.07. The summed E-state index contributed by atoms with van der Waals surface area (Å²) < 4.78 is 5.04. The van der Waals surface area contributed by atoms with Gasteiger partial charge in [0.2, 0.25) is 0 Å². The molecule has 0 bridgehead atoms. The molecule has 24 heavy (non-hydrogen) atoms. The molecular formula is C18H22N2O3S. The third-order valence-corrected chi connectivity index (χ3v) is 4.81. The molecule has 1 aliphatic carbocycles. The molecule has 0 aliphatic heterocycles. The van der Waals surface area contributed by atoms with Gasteiger partial charge < -0.3 is 10.1 Å². The third kappa shape index (κ3) is 5.89. The fraction of sp³-hybridized carbons (Fsp3) is 0.500. The summed E-state index contributed by atoms with van der Waals surface area (Å²) in [7, 11) is 0. The predicted octanol–water partition coefficient (Wildman–Crippen LogP) is 4.02. The Morgan fingerprint density at radius 1 is 1.38 bits per heavy atom. The van der Waals surface area contributed by atoms with Crippen LogP contribution in [0.3, 0.4) is 0 Å². The number of rotatable bonds is 7. The first-order chi connectivity index (χ1) is 11.6. The first kappa shape index (κ1) is 18.3. The number of nitrogens with zero attached hydrogens (tertiary/aromatic N) is 1. The molecule has 0 spiro atoms. The van der Waals surface area contributed by atoms with Crippen LogP contribution in [0.15, 0.2) is 23.1 Å². The van der Waals surface area contributed by atoms with Crippen molar-refractivity contribution < 1.29 is 14.3 Å². The van der Waals surface area contributed by atoms with Crippen molar-refractivity contribution in [2.24, 2.45) is 5.92 Å². The smallest absolute Gasteiger partial charge is 0.306 e. The zero-order valence-electron chi connectivity index (χ0n) is 13.8. The summed E-state index contributed by atoms with van der Waals surface area (Å²) in [6, 6.07) is 5.34. The highest BCUT2D eigenvalue weighted by atomic mass is 32.2. The quantitative estimate of drug-likeness (QED) is 0.458. The molecule has 0 aromatic heterocycles. The van der Waals surface area contributed by atoms with E-state index in [1.54, 1.807) is 12.1 Å². The van der Waals surface area contributed by atoms with Crippen LogP contribution in [0, 0.1) is 23.5 Å². The van der Waals surface area contributed by atoms with Gasteiger partial charge >= 0.3 is 5.97 Å². The lowest BCUT2D eigenvalue weighted by atomic mass is 10.0. The van der Waals surface area contributed by atoms with Crippen molar-refractivity contribution in [1.82, 2.24) is 0 Å². The Labute approximate surface area is 146 Å². The molecule has 1 aliphatic rings. The third-order valence-electron chi connectivity index (χ3n) is 4.23. The first-order valence-electron chi connectivity index (χ1n) is 8.20. The van der Waals surface area contributed by atoms with E-state index in [0.29, 0.717) is 18.0 Å². The molecule has 1 N–H and O–H groups in total. The molecule has 6 heteroatoms. The van der Waals surface area contributed by atoms with Crippen molar-refractivity contribution in [3.05, 3.63) is 23.8 Å². The second-order valence-electron chi connectivity index (χ2n) is 6.07. The van der Waals surface area contributed by atoms with Gasteiger partial charge in [-0.1, -0.05) is 25.7 Å². The van der Waals surface area contributed by atoms with Crippen LogP contribution >= 0.6 is 11.8 Å². The van der Waals surface area contributed by atoms with E-state index in [2.05, 4.69) is 5.32 Å². The summed E-state index contributed by atoms with van der Waals surface area (Å²) in [5.41, 5.74) is 1.51. The fourth-order valence-electron chi connectivity index (χ4n) is 2.92. The van der Waals surface area contributed by atoms with Crippen LogP contribution in [-0.4, -0.2) is 18.5 Å². The molecular weight excluding hydrogens is 324 g/mol. The molecule has 0 saturated heterocycles. The van der Waals surface area contributed by atoms with Crippen molar-refractivity contribution >= 4 is 29.3 Å². The largest absolute Gasteiger partial charge is 0.456 e. The fourth-order valence-corrected chi connectivity index (χ4v) is 3.40. The molecule has 1 aromatic carbocycles. The lowest BCUT2D eigenvalue weighted by molar-refractivity contribution is -0.147. The number of nitriles is 1. The molecule has 1 saturated carbocycles. The minimum Gasteiger partial charge on any atom is -0.456 e. The van der Waals surface area contributed by atoms with Gasteiger partial charge in [-0.3, -0.25) is 9.59 Å². The van der Waals surface area contributed by atoms with Gasteiger partial charge in [-0.25, -0.2) is 0 Å². The van der Waals surface area contributed by atoms with Crippen LogP contribution in [0.2, 0.25) is 0 Å². The van der Waals surface area contributed by atoms with Crippen molar-refractivity contribution in [3.8, 4) is 5.40 Å². The van der Waals surface area contributed by atoms with Gasteiger partial charge in [-0.2, -0.15) is 5.26 Å². The van der Waals surface area contributed by atoms with E-state index in [-0.39, 0.29) is 18.5 Å². The standard InChI is InChI=1S/C18H22N2O3S/c1-13-10-15(24-12-19)7-8-16(13)20-17(21)11-23-18(22)9-6-14-4-2-3-5-14/h7-8,10,14H,2-6,9,11H2,1H3,(H,20,21). The lowest BCUT2D eigenvalue weighted by Crippen LogP contribution is -2.21. The molecule has 0 unspecified atom stereocenters. The number of benzene rings is 1. The van der Waals surface area contributed by atoms with E-state index < -0.39 is 0 Å². The summed E-state index contributed by atoms with van der Waals surface area (Å²) in [5, 5.41) is 13.4. The maximum Gasteiger partial charge on any atom is 0.306 e. The van der Waals surface area contributed by atoms with Crippen molar-refractivity contribution in [3.63, 3.8) is 0 Å². The number of ether oxygens (including phenoxy) is 1. The Bertz CT molecular complexity index is 634. The van der Waals surface area contributed by atoms with Gasteiger partial charge in [-0.05, 0) is 54.8 Å². The van der Waals surface area contributed by atoms with Crippen LogP contribution in [-0.2, 0) is 14.3 Å². The number of aryl methyl sites for hydroxylation is 1. The maximum absolute atomic E-state index is 11.9. The minimum absolute atomic E-state index is 0.266. The van der Waals surface area contributed by atoms with E-state index in [9.17, 15) is 9.59 Å². The molecule has 0 radical (unpaired) electrons. The van der Waals surface area contributed by atoms with Gasteiger partial charge in [0.1, 0.15) is 5.40 Å². The average Bonchev–Trinajstić information content (AvgIpc) is 3.07. The van der Waals surface area contributed by atoms with Crippen molar-refractivity contribution in [1.29, 1.82) is 5.26 Å². The number of anilines is 1. The summed E-state index contributed by atoms with van der Waals surface area (Å²) in [6.45, 7) is 1.59. The molecule has 2 rings (SSSR count). The molecule has 0 heterocycles. The van der Waals surface area contributed by atoms with E-state index >= 15 is 0 Å². The van der Waals surface area contributed by atoms with Gasteiger partial charge in [0.05, 0.1) is 0 Å². The Morgan fingerprint density at radius 2 is 2.12 bits per heavy atom. The van der Waals surface area contributed by atoms with Crippen LogP contribution in [0.5, 0.6) is 0 Å². The number of esters is 1. The number of hydrogen-bond acceptors (Lipinski definition) is 5. The van der Waals surface area contributed by atoms with Gasteiger partial charge in [0.15, 0.2) is 6.61 Å². The summed E-state index contributed by atoms with van der Waals surface area (Å²) in [4.78, 5) is 24.4. The van der Waals surface area contributed by atoms with Crippen molar-refractivity contribution in [2.75, 3.05) is 11.9 Å². The Hall–Kier alpha value is -2.00. The van der Waals surface area contributed by atoms with Gasteiger partial charge in [0, 0.05) is 17.0 Å². The van der Waals surface area contributed by atoms with E-state index in [1.165, 1.54) is 25.7 Å². The highest BCUT2D eigenvalue weighted by Crippen LogP contribution is 2.28. The summed E-state index contributed by atoms with van der Waals surface area (Å²) in [5.74, 6) is -0.0265. The summed E-state index contributed by atoms with van der Waals surface area (Å²) in [6.07, 6.45) is 6.16. The number of thiocyanates is 1. The number of carbonyl (C=O) groups excluding carboxylic acids is 2. The number of nitrogens with one attached hydrogen (secondary N) is 1. The molecule has 1 amide bonds. The number of hydrogen-bond donors (Lipinski definition) is 1. The maximum atomic E-state index is 11.9. The SMILES string of the molecule is Cc1cc(SC#N)ccc1NC(=O)COC(=O)CCC1CCCC1. The molecule has 1 fully saturated rings. The average molecular weight is 346 g/mol. The Kier molecular flexibility index (Phi) is 7.13. The van der Waals surface area contributed by atoms with Crippen LogP contribution in [0.25, 0.3) is 0 Å². The highest BCUT2D eigenvalue weighted by molar-refractivity contribution is 8.03. The number of amides is 1. The molecule has 0 atom stereocenters. The number of carbonyl (C=O) groups is 2. The molecule has 128 valence electrons. The normalized spacial score (nSPS) is 14.2. The lowest BCUT2D eigenvalue weighted by Gasteiger charge is -2.10. The highest BCUT2D eigenvalue weighted by Gasteiger charge is 2.17. The van der Waals surface area contributed by atoms with E-state index in [4.69, 9.17) is 10.00 Å². The van der Waals surface area contributed by atoms with Crippen molar-refractivity contribution in [2.45, 2.75) is 50.3 Å². The minimum atomic E-state index is -0.354. The first-order valence-corrected chi connectivity index (χ1v) is 9.02. The van der Waals surface area contributed by atoms with E-state index in [1.807, 2.05) is 18.4 Å². The van der Waals surface area contributed by atoms with Gasteiger partial charge in [0.25, 0.3) is 5.91 Å². The van der Waals surface area contributed by atoms with Gasteiger partial charge in [-0.15, -0.1) is 0 Å². The van der Waals surface area contributed by atoms with E-state index in [0.717, 1.165) is 28.6 Å². The monoisotopic (exact) mass is 346 g/mol. The second-order valence-corrected chi connectivity index (χ2v) is 6.93. The predicted molar refractivity (Wildman–Crippen MR) is 93.4 cm³/mol. The second kappa shape index (κ2) is 9.33. The topological polar surface area (TPSA) is 79.2 Å². The van der Waals surface area contributed by atoms with Crippen LogP contribution < -0.4 is 5.32 Å². The Balaban J connectivity index is 1.72. The van der Waals surface area contributed by atoms with Crippen LogP contribution in [0.1, 0.15) is 44.1 Å². The molecule has 5 nitrogen and oxygen atoms in total. The Morgan fingerprint density at radius 3 is 2.79 bits per heavy atom. The number of thioether (sulfide) groups is 1. The zero-order chi connectivity index (χ0) is 17.4. The molecule has 1 aromatic rings. The zero-order valence-corrected chi connectivity index (χ0v) is 14.7.